The molecule has 0 saturated carbocycles. The monoisotopic (exact) mass is 286 g/mol. The van der Waals surface area contributed by atoms with Crippen molar-refractivity contribution in [3.63, 3.8) is 0 Å². The van der Waals surface area contributed by atoms with Gasteiger partial charge in [-0.15, -0.1) is 0 Å². The van der Waals surface area contributed by atoms with E-state index in [0.717, 1.165) is 5.57 Å². The molecule has 0 saturated heterocycles. The molecule has 1 aromatic heterocycles. The molecule has 0 atom stereocenters. The van der Waals surface area contributed by atoms with Gasteiger partial charge in [-0.2, -0.15) is 0 Å². The zero-order valence-corrected chi connectivity index (χ0v) is 12.0. The predicted molar refractivity (Wildman–Crippen MR) is 81.4 cm³/mol. The van der Waals surface area contributed by atoms with Gasteiger partial charge in [-0.05, 0) is 25.5 Å². The fraction of sp³-hybridized carbons (Fsp3) is 0.312. The minimum Gasteiger partial charge on any atom is -0.481 e. The molecule has 0 radical (unpaired) electrons. The molecule has 2 aromatic rings. The molecule has 2 rings (SSSR count). The second kappa shape index (κ2) is 6.35. The Labute approximate surface area is 122 Å². The van der Waals surface area contributed by atoms with Gasteiger partial charge in [-0.1, -0.05) is 24.3 Å². The summed E-state index contributed by atoms with van der Waals surface area (Å²) in [6.07, 6.45) is 0.978. The lowest BCUT2D eigenvalue weighted by molar-refractivity contribution is -0.137. The summed E-state index contributed by atoms with van der Waals surface area (Å²) in [4.78, 5) is 27.7. The van der Waals surface area contributed by atoms with Crippen LogP contribution < -0.4 is 5.56 Å². The Morgan fingerprint density at radius 1 is 1.38 bits per heavy atom. The Morgan fingerprint density at radius 3 is 2.76 bits per heavy atom. The number of carboxylic acid groups (broad SMARTS) is 1. The number of rotatable bonds is 6. The zero-order chi connectivity index (χ0) is 15.4. The molecule has 0 unspecified atom stereocenters. The van der Waals surface area contributed by atoms with Crippen molar-refractivity contribution in [3.8, 4) is 0 Å². The van der Waals surface area contributed by atoms with E-state index in [1.54, 1.807) is 22.8 Å². The third-order valence-electron chi connectivity index (χ3n) is 3.16. The number of allylic oxidation sites excluding steroid dienone is 1. The first-order chi connectivity index (χ1) is 9.99. The van der Waals surface area contributed by atoms with Gasteiger partial charge in [0.15, 0.2) is 0 Å². The Kier molecular flexibility index (Phi) is 4.52. The van der Waals surface area contributed by atoms with Crippen LogP contribution in [0.3, 0.4) is 0 Å². The van der Waals surface area contributed by atoms with E-state index in [4.69, 9.17) is 5.11 Å². The van der Waals surface area contributed by atoms with E-state index in [0.29, 0.717) is 36.1 Å². The predicted octanol–water partition coefficient (Wildman–Crippen LogP) is 2.38. The number of benzene rings is 1. The number of para-hydroxylation sites is 1. The number of carbonyl (C=O) groups is 1. The highest BCUT2D eigenvalue weighted by molar-refractivity contribution is 5.77. The van der Waals surface area contributed by atoms with Crippen molar-refractivity contribution in [2.24, 2.45) is 0 Å². The third-order valence-corrected chi connectivity index (χ3v) is 3.16. The minimum absolute atomic E-state index is 0.0652. The highest BCUT2D eigenvalue weighted by Crippen LogP contribution is 2.11. The normalized spacial score (nSPS) is 10.7. The second-order valence-corrected chi connectivity index (χ2v) is 5.14. The number of hydrogen-bond acceptors (Lipinski definition) is 3. The van der Waals surface area contributed by atoms with Crippen LogP contribution >= 0.6 is 0 Å². The molecule has 0 bridgehead atoms. The van der Waals surface area contributed by atoms with Crippen LogP contribution in [0.15, 0.2) is 41.2 Å². The maximum absolute atomic E-state index is 12.5. The number of nitrogens with zero attached hydrogens (tertiary/aromatic N) is 2. The summed E-state index contributed by atoms with van der Waals surface area (Å²) in [7, 11) is 0. The van der Waals surface area contributed by atoms with Gasteiger partial charge in [-0.25, -0.2) is 4.98 Å². The molecular formula is C16H18N2O3. The lowest BCUT2D eigenvalue weighted by Crippen LogP contribution is -2.26. The quantitative estimate of drug-likeness (QED) is 0.827. The number of aromatic nitrogens is 2. The van der Waals surface area contributed by atoms with Crippen LogP contribution in [-0.4, -0.2) is 20.6 Å². The van der Waals surface area contributed by atoms with Gasteiger partial charge < -0.3 is 5.11 Å². The highest BCUT2D eigenvalue weighted by Gasteiger charge is 2.11. The van der Waals surface area contributed by atoms with Gasteiger partial charge >= 0.3 is 5.97 Å². The van der Waals surface area contributed by atoms with Crippen LogP contribution in [-0.2, 0) is 17.8 Å². The number of carboxylic acids is 1. The Balaban J connectivity index is 2.47. The van der Waals surface area contributed by atoms with Crippen molar-refractivity contribution in [2.75, 3.05) is 0 Å². The van der Waals surface area contributed by atoms with E-state index in [2.05, 4.69) is 11.6 Å². The van der Waals surface area contributed by atoms with Crippen LogP contribution in [0.25, 0.3) is 10.9 Å². The molecule has 5 nitrogen and oxygen atoms in total. The van der Waals surface area contributed by atoms with Crippen LogP contribution in [0.1, 0.15) is 25.6 Å². The molecule has 0 spiro atoms. The number of aliphatic carboxylic acids is 1. The van der Waals surface area contributed by atoms with Crippen molar-refractivity contribution >= 4 is 16.9 Å². The maximum Gasteiger partial charge on any atom is 0.303 e. The molecular weight excluding hydrogens is 268 g/mol. The summed E-state index contributed by atoms with van der Waals surface area (Å²) in [5.74, 6) is -0.229. The van der Waals surface area contributed by atoms with E-state index in [1.807, 2.05) is 13.0 Å². The van der Waals surface area contributed by atoms with Gasteiger partial charge in [0.1, 0.15) is 5.82 Å². The van der Waals surface area contributed by atoms with Crippen molar-refractivity contribution in [1.82, 2.24) is 9.55 Å². The van der Waals surface area contributed by atoms with Crippen molar-refractivity contribution in [3.05, 3.63) is 52.6 Å². The topological polar surface area (TPSA) is 72.2 Å². The summed E-state index contributed by atoms with van der Waals surface area (Å²) in [6, 6.07) is 7.18. The molecule has 0 amide bonds. The molecule has 0 aliphatic rings. The first kappa shape index (κ1) is 15.0. The highest BCUT2D eigenvalue weighted by atomic mass is 16.4. The van der Waals surface area contributed by atoms with E-state index >= 15 is 0 Å². The van der Waals surface area contributed by atoms with E-state index in [1.165, 1.54) is 0 Å². The van der Waals surface area contributed by atoms with Crippen molar-refractivity contribution < 1.29 is 9.90 Å². The van der Waals surface area contributed by atoms with Gasteiger partial charge in [0.2, 0.25) is 0 Å². The standard InChI is InChI=1S/C16H18N2O3/c1-11(2)10-18-14(8-5-9-15(19)20)17-13-7-4-3-6-12(13)16(18)21/h3-4,6-7H,1,5,8-10H2,2H3,(H,19,20). The fourth-order valence-electron chi connectivity index (χ4n) is 2.24. The van der Waals surface area contributed by atoms with Gasteiger partial charge in [0.25, 0.3) is 5.56 Å². The maximum atomic E-state index is 12.5. The van der Waals surface area contributed by atoms with Gasteiger partial charge in [-0.3, -0.25) is 14.2 Å². The molecule has 5 heteroatoms. The van der Waals surface area contributed by atoms with Crippen LogP contribution in [0.2, 0.25) is 0 Å². The first-order valence-corrected chi connectivity index (χ1v) is 6.83. The minimum atomic E-state index is -0.843. The summed E-state index contributed by atoms with van der Waals surface area (Å²) < 4.78 is 1.59. The van der Waals surface area contributed by atoms with E-state index in [9.17, 15) is 9.59 Å². The summed E-state index contributed by atoms with van der Waals surface area (Å²) in [5, 5.41) is 9.30. The molecule has 1 N–H and O–H groups in total. The van der Waals surface area contributed by atoms with Crippen molar-refractivity contribution in [1.29, 1.82) is 0 Å². The van der Waals surface area contributed by atoms with E-state index < -0.39 is 5.97 Å². The van der Waals surface area contributed by atoms with Gasteiger partial charge in [0.05, 0.1) is 10.9 Å². The average Bonchev–Trinajstić information content (AvgIpc) is 2.42. The largest absolute Gasteiger partial charge is 0.481 e. The fourth-order valence-corrected chi connectivity index (χ4v) is 2.24. The van der Waals surface area contributed by atoms with Crippen LogP contribution in [0.5, 0.6) is 0 Å². The Morgan fingerprint density at radius 2 is 2.10 bits per heavy atom. The lowest BCUT2D eigenvalue weighted by Gasteiger charge is -2.13. The van der Waals surface area contributed by atoms with Crippen LogP contribution in [0, 0.1) is 0 Å². The Hall–Kier alpha value is -2.43. The molecule has 21 heavy (non-hydrogen) atoms. The first-order valence-electron chi connectivity index (χ1n) is 6.83. The molecule has 0 aliphatic heterocycles. The summed E-state index contributed by atoms with van der Waals surface area (Å²) >= 11 is 0. The van der Waals surface area contributed by atoms with Gasteiger partial charge in [0, 0.05) is 19.4 Å². The molecule has 0 aliphatic carbocycles. The summed E-state index contributed by atoms with van der Waals surface area (Å²) in [5.41, 5.74) is 1.40. The Bertz CT molecular complexity index is 747. The smallest absolute Gasteiger partial charge is 0.303 e. The molecule has 0 fully saturated rings. The van der Waals surface area contributed by atoms with Crippen LogP contribution in [0.4, 0.5) is 0 Å². The SMILES string of the molecule is C=C(C)Cn1c(CCCC(=O)O)nc2ccccc2c1=O. The number of fused-ring (bicyclic) bond motifs is 1. The second-order valence-electron chi connectivity index (χ2n) is 5.14. The molecule has 1 heterocycles. The molecule has 1 aromatic carbocycles. The number of hydrogen-bond donors (Lipinski definition) is 1. The van der Waals surface area contributed by atoms with Crippen molar-refractivity contribution in [2.45, 2.75) is 32.7 Å². The third kappa shape index (κ3) is 3.56. The lowest BCUT2D eigenvalue weighted by atomic mass is 10.2. The molecule has 110 valence electrons. The summed E-state index contributed by atoms with van der Waals surface area (Å²) in [6.45, 7) is 6.09. The van der Waals surface area contributed by atoms with E-state index in [-0.39, 0.29) is 12.0 Å². The average molecular weight is 286 g/mol. The zero-order valence-electron chi connectivity index (χ0n) is 12.0. The number of aryl methyl sites for hydroxylation is 1.